The van der Waals surface area contributed by atoms with Gasteiger partial charge in [-0.2, -0.15) is 0 Å². The van der Waals surface area contributed by atoms with Crippen molar-refractivity contribution in [1.29, 1.82) is 0 Å². The zero-order valence-electron chi connectivity index (χ0n) is 10.0. The van der Waals surface area contributed by atoms with Gasteiger partial charge < -0.3 is 10.8 Å². The number of aromatic carboxylic acids is 1. The van der Waals surface area contributed by atoms with Crippen LogP contribution in [0.5, 0.6) is 0 Å². The van der Waals surface area contributed by atoms with E-state index in [0.717, 1.165) is 0 Å². The van der Waals surface area contributed by atoms with Gasteiger partial charge in [-0.3, -0.25) is 0 Å². The summed E-state index contributed by atoms with van der Waals surface area (Å²) in [5.74, 6) is -0.455. The van der Waals surface area contributed by atoms with Gasteiger partial charge in [-0.05, 0) is 12.3 Å². The molecule has 3 N–H and O–H groups in total. The molecule has 0 unspecified atom stereocenters. The van der Waals surface area contributed by atoms with Gasteiger partial charge in [0, 0.05) is 6.42 Å². The summed E-state index contributed by atoms with van der Waals surface area (Å²) in [6.07, 6.45) is 0.665. The first-order chi connectivity index (χ1) is 7.20. The van der Waals surface area contributed by atoms with Crippen molar-refractivity contribution in [2.45, 2.75) is 34.1 Å². The van der Waals surface area contributed by atoms with Crippen LogP contribution in [0.15, 0.2) is 0 Å². The summed E-state index contributed by atoms with van der Waals surface area (Å²) in [4.78, 5) is 19.1. The second-order valence-corrected chi connectivity index (χ2v) is 5.03. The molecule has 0 bridgehead atoms. The highest BCUT2D eigenvalue weighted by molar-refractivity contribution is 5.93. The number of rotatable bonds is 2. The number of carboxylic acid groups (broad SMARTS) is 1. The molecule has 16 heavy (non-hydrogen) atoms. The number of carboxylic acids is 1. The van der Waals surface area contributed by atoms with E-state index in [1.165, 1.54) is 0 Å². The van der Waals surface area contributed by atoms with Crippen molar-refractivity contribution < 1.29 is 9.90 Å². The molecule has 0 fully saturated rings. The molecule has 5 heteroatoms. The van der Waals surface area contributed by atoms with Gasteiger partial charge in [0.25, 0.3) is 0 Å². The number of nitrogen functional groups attached to an aromatic ring is 1. The Bertz CT molecular complexity index is 399. The Hall–Kier alpha value is -1.65. The molecule has 0 atom stereocenters. The average molecular weight is 223 g/mol. The molecular formula is C11H17N3O2. The third kappa shape index (κ3) is 2.92. The molecule has 0 saturated heterocycles. The minimum Gasteiger partial charge on any atom is -0.477 e. The molecule has 1 rings (SSSR count). The third-order valence-electron chi connectivity index (χ3n) is 2.07. The minimum atomic E-state index is -1.09. The fraction of sp³-hybridized carbons (Fsp3) is 0.545. The fourth-order valence-corrected chi connectivity index (χ4v) is 1.47. The van der Waals surface area contributed by atoms with Crippen LogP contribution in [0.25, 0.3) is 0 Å². The van der Waals surface area contributed by atoms with Gasteiger partial charge >= 0.3 is 5.97 Å². The lowest BCUT2D eigenvalue weighted by molar-refractivity contribution is 0.0696. The van der Waals surface area contributed by atoms with E-state index < -0.39 is 5.97 Å². The number of carbonyl (C=O) groups is 1. The number of nitrogens with zero attached hydrogens (tertiary/aromatic N) is 2. The Kier molecular flexibility index (Phi) is 3.16. The van der Waals surface area contributed by atoms with E-state index in [1.54, 1.807) is 6.92 Å². The lowest BCUT2D eigenvalue weighted by atomic mass is 9.92. The smallest absolute Gasteiger partial charge is 0.341 e. The second-order valence-electron chi connectivity index (χ2n) is 5.03. The van der Waals surface area contributed by atoms with Crippen molar-refractivity contribution in [1.82, 2.24) is 9.97 Å². The lowest BCUT2D eigenvalue weighted by Gasteiger charge is -2.17. The van der Waals surface area contributed by atoms with Crippen LogP contribution in [0.2, 0.25) is 0 Å². The van der Waals surface area contributed by atoms with E-state index in [-0.39, 0.29) is 16.8 Å². The van der Waals surface area contributed by atoms with E-state index >= 15 is 0 Å². The Morgan fingerprint density at radius 3 is 2.31 bits per heavy atom. The summed E-state index contributed by atoms with van der Waals surface area (Å²) in [6, 6.07) is 0. The van der Waals surface area contributed by atoms with E-state index in [1.807, 2.05) is 0 Å². The number of hydrogen-bond donors (Lipinski definition) is 2. The van der Waals surface area contributed by atoms with Crippen molar-refractivity contribution in [2.75, 3.05) is 5.73 Å². The third-order valence-corrected chi connectivity index (χ3v) is 2.07. The summed E-state index contributed by atoms with van der Waals surface area (Å²) in [5, 5.41) is 8.91. The van der Waals surface area contributed by atoms with Gasteiger partial charge in [0.05, 0.1) is 5.69 Å². The van der Waals surface area contributed by atoms with Gasteiger partial charge in [-0.25, -0.2) is 14.8 Å². The van der Waals surface area contributed by atoms with Crippen molar-refractivity contribution in [3.63, 3.8) is 0 Å². The first kappa shape index (κ1) is 12.4. The van der Waals surface area contributed by atoms with Gasteiger partial charge in [-0.1, -0.05) is 20.8 Å². The van der Waals surface area contributed by atoms with Crippen LogP contribution in [-0.4, -0.2) is 21.0 Å². The number of aryl methyl sites for hydroxylation is 1. The van der Waals surface area contributed by atoms with Crippen LogP contribution < -0.4 is 5.73 Å². The van der Waals surface area contributed by atoms with Crippen molar-refractivity contribution in [3.8, 4) is 0 Å². The Labute approximate surface area is 94.7 Å². The molecule has 0 aromatic carbocycles. The summed E-state index contributed by atoms with van der Waals surface area (Å²) in [5.41, 5.74) is 6.07. The topological polar surface area (TPSA) is 89.1 Å². The van der Waals surface area contributed by atoms with Crippen LogP contribution in [0.3, 0.4) is 0 Å². The molecule has 0 aliphatic rings. The minimum absolute atomic E-state index is 0.00217. The molecule has 1 heterocycles. The SMILES string of the molecule is Cc1nc(CC(C)(C)C)nc(N)c1C(=O)O. The summed E-state index contributed by atoms with van der Waals surface area (Å²) in [6.45, 7) is 7.82. The Morgan fingerprint density at radius 1 is 1.38 bits per heavy atom. The zero-order valence-corrected chi connectivity index (χ0v) is 10.0. The highest BCUT2D eigenvalue weighted by atomic mass is 16.4. The number of anilines is 1. The Balaban J connectivity index is 3.15. The van der Waals surface area contributed by atoms with Crippen molar-refractivity contribution in [3.05, 3.63) is 17.1 Å². The molecule has 5 nitrogen and oxygen atoms in total. The van der Waals surface area contributed by atoms with Crippen molar-refractivity contribution in [2.24, 2.45) is 5.41 Å². The maximum absolute atomic E-state index is 10.9. The summed E-state index contributed by atoms with van der Waals surface area (Å²) < 4.78 is 0. The summed E-state index contributed by atoms with van der Waals surface area (Å²) >= 11 is 0. The average Bonchev–Trinajstić information content (AvgIpc) is 1.96. The summed E-state index contributed by atoms with van der Waals surface area (Å²) in [7, 11) is 0. The van der Waals surface area contributed by atoms with E-state index in [4.69, 9.17) is 10.8 Å². The molecule has 0 aliphatic heterocycles. The van der Waals surface area contributed by atoms with Crippen LogP contribution in [0.1, 0.15) is 42.6 Å². The second kappa shape index (κ2) is 4.08. The van der Waals surface area contributed by atoms with Crippen LogP contribution in [-0.2, 0) is 6.42 Å². The first-order valence-electron chi connectivity index (χ1n) is 5.07. The molecule has 0 radical (unpaired) electrons. The molecule has 88 valence electrons. The molecule has 0 amide bonds. The van der Waals surface area contributed by atoms with Crippen molar-refractivity contribution >= 4 is 11.8 Å². The predicted octanol–water partition coefficient (Wildman–Crippen LogP) is 1.65. The molecule has 0 saturated carbocycles. The van der Waals surface area contributed by atoms with Gasteiger partial charge in [0.15, 0.2) is 0 Å². The number of aromatic nitrogens is 2. The highest BCUT2D eigenvalue weighted by Crippen LogP contribution is 2.20. The van der Waals surface area contributed by atoms with Crippen LogP contribution in [0.4, 0.5) is 5.82 Å². The quantitative estimate of drug-likeness (QED) is 0.795. The van der Waals surface area contributed by atoms with E-state index in [9.17, 15) is 4.79 Å². The van der Waals surface area contributed by atoms with Gasteiger partial charge in [-0.15, -0.1) is 0 Å². The maximum atomic E-state index is 10.9. The normalized spacial score (nSPS) is 11.5. The standard InChI is InChI=1S/C11H17N3O2/c1-6-8(10(15)16)9(12)14-7(13-6)5-11(2,3)4/h5H2,1-4H3,(H,15,16)(H2,12,13,14). The number of nitrogens with two attached hydrogens (primary N) is 1. The molecular weight excluding hydrogens is 206 g/mol. The maximum Gasteiger partial charge on any atom is 0.341 e. The van der Waals surface area contributed by atoms with Gasteiger partial charge in [0.2, 0.25) is 0 Å². The highest BCUT2D eigenvalue weighted by Gasteiger charge is 2.19. The predicted molar refractivity (Wildman–Crippen MR) is 61.3 cm³/mol. The van der Waals surface area contributed by atoms with E-state index in [2.05, 4.69) is 30.7 Å². The molecule has 1 aromatic heterocycles. The first-order valence-corrected chi connectivity index (χ1v) is 5.07. The largest absolute Gasteiger partial charge is 0.477 e. The molecule has 0 aliphatic carbocycles. The number of hydrogen-bond acceptors (Lipinski definition) is 4. The zero-order chi connectivity index (χ0) is 12.5. The molecule has 1 aromatic rings. The molecule has 0 spiro atoms. The monoisotopic (exact) mass is 223 g/mol. The Morgan fingerprint density at radius 2 is 1.94 bits per heavy atom. The van der Waals surface area contributed by atoms with Crippen LogP contribution in [0, 0.1) is 12.3 Å². The van der Waals surface area contributed by atoms with E-state index in [0.29, 0.717) is 17.9 Å². The van der Waals surface area contributed by atoms with Crippen LogP contribution >= 0.6 is 0 Å². The lowest BCUT2D eigenvalue weighted by Crippen LogP contribution is -2.16. The fourth-order valence-electron chi connectivity index (χ4n) is 1.47. The van der Waals surface area contributed by atoms with Gasteiger partial charge in [0.1, 0.15) is 17.2 Å².